The second-order valence-electron chi connectivity index (χ2n) is 8.05. The molecule has 166 valence electrons. The molecule has 0 aliphatic carbocycles. The number of sulfonamides is 1. The molecule has 0 spiro atoms. The van der Waals surface area contributed by atoms with E-state index in [1.54, 1.807) is 48.5 Å². The SMILES string of the molecule is Cc1ccc(S(=O)(=O)Nc2ccc(C(=O)N3CCN(Cc4ccccc4)CC3)cc2)cc1. The van der Waals surface area contributed by atoms with Crippen LogP contribution in [0.1, 0.15) is 21.5 Å². The lowest BCUT2D eigenvalue weighted by molar-refractivity contribution is 0.0628. The third-order valence-corrected chi connectivity index (χ3v) is 7.02. The van der Waals surface area contributed by atoms with Crippen molar-refractivity contribution >= 4 is 21.6 Å². The van der Waals surface area contributed by atoms with Crippen molar-refractivity contribution in [2.45, 2.75) is 18.4 Å². The van der Waals surface area contributed by atoms with Gasteiger partial charge in [0.05, 0.1) is 4.90 Å². The Bertz CT molecular complexity index is 1150. The second kappa shape index (κ2) is 9.54. The fraction of sp³-hybridized carbons (Fsp3) is 0.240. The van der Waals surface area contributed by atoms with Crippen LogP contribution in [0.25, 0.3) is 0 Å². The molecule has 7 heteroatoms. The number of piperazine rings is 1. The number of anilines is 1. The van der Waals surface area contributed by atoms with Crippen molar-refractivity contribution in [1.29, 1.82) is 0 Å². The predicted octanol–water partition coefficient (Wildman–Crippen LogP) is 3.75. The van der Waals surface area contributed by atoms with Crippen molar-refractivity contribution in [2.75, 3.05) is 30.9 Å². The first kappa shape index (κ1) is 22.0. The summed E-state index contributed by atoms with van der Waals surface area (Å²) in [6, 6.07) is 23.6. The lowest BCUT2D eigenvalue weighted by Crippen LogP contribution is -2.48. The number of hydrogen-bond acceptors (Lipinski definition) is 4. The molecule has 32 heavy (non-hydrogen) atoms. The minimum absolute atomic E-state index is 0.0303. The highest BCUT2D eigenvalue weighted by atomic mass is 32.2. The summed E-state index contributed by atoms with van der Waals surface area (Å²) in [5, 5.41) is 0. The zero-order chi connectivity index (χ0) is 22.6. The third kappa shape index (κ3) is 5.36. The second-order valence-corrected chi connectivity index (χ2v) is 9.73. The maximum absolute atomic E-state index is 12.9. The zero-order valence-corrected chi connectivity index (χ0v) is 18.9. The summed E-state index contributed by atoms with van der Waals surface area (Å²) in [6.07, 6.45) is 0. The molecule has 0 atom stereocenters. The highest BCUT2D eigenvalue weighted by molar-refractivity contribution is 7.92. The van der Waals surface area contributed by atoms with Crippen molar-refractivity contribution in [3.8, 4) is 0 Å². The third-order valence-electron chi connectivity index (χ3n) is 5.62. The number of nitrogens with one attached hydrogen (secondary N) is 1. The van der Waals surface area contributed by atoms with E-state index in [2.05, 4.69) is 21.8 Å². The first-order valence-electron chi connectivity index (χ1n) is 10.7. The number of benzene rings is 3. The number of rotatable bonds is 6. The van der Waals surface area contributed by atoms with Crippen LogP contribution in [-0.2, 0) is 16.6 Å². The Morgan fingerprint density at radius 1 is 0.844 bits per heavy atom. The van der Waals surface area contributed by atoms with Crippen LogP contribution in [0.15, 0.2) is 83.8 Å². The van der Waals surface area contributed by atoms with Gasteiger partial charge in [0.2, 0.25) is 0 Å². The molecule has 1 amide bonds. The normalized spacial score (nSPS) is 14.8. The number of aryl methyl sites for hydroxylation is 1. The predicted molar refractivity (Wildman–Crippen MR) is 126 cm³/mol. The molecule has 3 aromatic rings. The Hall–Kier alpha value is -3.16. The van der Waals surface area contributed by atoms with E-state index in [0.717, 1.165) is 25.2 Å². The summed E-state index contributed by atoms with van der Waals surface area (Å²) >= 11 is 0. The van der Waals surface area contributed by atoms with Gasteiger partial charge in [-0.25, -0.2) is 8.42 Å². The fourth-order valence-electron chi connectivity index (χ4n) is 3.75. The van der Waals surface area contributed by atoms with Gasteiger partial charge in [-0.1, -0.05) is 48.0 Å². The quantitative estimate of drug-likeness (QED) is 0.622. The van der Waals surface area contributed by atoms with Gasteiger partial charge >= 0.3 is 0 Å². The van der Waals surface area contributed by atoms with E-state index in [4.69, 9.17) is 0 Å². The van der Waals surface area contributed by atoms with E-state index < -0.39 is 10.0 Å². The average molecular weight is 450 g/mol. The molecule has 0 bridgehead atoms. The number of hydrogen-bond donors (Lipinski definition) is 1. The van der Waals surface area contributed by atoms with Gasteiger partial charge in [-0.05, 0) is 48.9 Å². The molecule has 1 fully saturated rings. The maximum atomic E-state index is 12.9. The number of amides is 1. The molecule has 0 radical (unpaired) electrons. The standard InChI is InChI=1S/C25H27N3O3S/c1-20-7-13-24(14-8-20)32(30,31)26-23-11-9-22(10-12-23)25(29)28-17-15-27(16-18-28)19-21-5-3-2-4-6-21/h2-14,26H,15-19H2,1H3. The molecule has 1 aliphatic heterocycles. The molecule has 0 saturated carbocycles. The maximum Gasteiger partial charge on any atom is 0.261 e. The van der Waals surface area contributed by atoms with Crippen LogP contribution in [0.3, 0.4) is 0 Å². The van der Waals surface area contributed by atoms with Crippen LogP contribution < -0.4 is 4.72 Å². The first-order valence-corrected chi connectivity index (χ1v) is 12.1. The van der Waals surface area contributed by atoms with Crippen LogP contribution >= 0.6 is 0 Å². The molecule has 0 unspecified atom stereocenters. The Morgan fingerprint density at radius 3 is 2.09 bits per heavy atom. The zero-order valence-electron chi connectivity index (χ0n) is 18.1. The summed E-state index contributed by atoms with van der Waals surface area (Å²) in [7, 11) is -3.67. The van der Waals surface area contributed by atoms with E-state index >= 15 is 0 Å². The topological polar surface area (TPSA) is 69.7 Å². The Morgan fingerprint density at radius 2 is 1.47 bits per heavy atom. The van der Waals surface area contributed by atoms with Gasteiger partial charge < -0.3 is 4.90 Å². The molecule has 1 aliphatic rings. The molecule has 1 heterocycles. The monoisotopic (exact) mass is 449 g/mol. The molecular formula is C25H27N3O3S. The van der Waals surface area contributed by atoms with Crippen LogP contribution in [0.5, 0.6) is 0 Å². The highest BCUT2D eigenvalue weighted by Gasteiger charge is 2.22. The summed E-state index contributed by atoms with van der Waals surface area (Å²) in [5.41, 5.74) is 3.25. The molecular weight excluding hydrogens is 422 g/mol. The van der Waals surface area contributed by atoms with Crippen molar-refractivity contribution in [3.05, 3.63) is 95.6 Å². The fourth-order valence-corrected chi connectivity index (χ4v) is 4.80. The Balaban J connectivity index is 1.34. The van der Waals surface area contributed by atoms with E-state index in [1.165, 1.54) is 5.56 Å². The van der Waals surface area contributed by atoms with Gasteiger partial charge in [0, 0.05) is 44.0 Å². The minimum Gasteiger partial charge on any atom is -0.336 e. The van der Waals surface area contributed by atoms with Crippen molar-refractivity contribution in [1.82, 2.24) is 9.80 Å². The summed E-state index contributed by atoms with van der Waals surface area (Å²) in [6.45, 7) is 5.80. The lowest BCUT2D eigenvalue weighted by atomic mass is 10.1. The molecule has 1 saturated heterocycles. The van der Waals surface area contributed by atoms with E-state index in [0.29, 0.717) is 24.3 Å². The Labute approximate surface area is 189 Å². The average Bonchev–Trinajstić information content (AvgIpc) is 2.80. The van der Waals surface area contributed by atoms with Gasteiger partial charge in [0.1, 0.15) is 0 Å². The van der Waals surface area contributed by atoms with Crippen LogP contribution in [-0.4, -0.2) is 50.3 Å². The van der Waals surface area contributed by atoms with Crippen LogP contribution in [0.4, 0.5) is 5.69 Å². The highest BCUT2D eigenvalue weighted by Crippen LogP contribution is 2.18. The van der Waals surface area contributed by atoms with E-state index in [9.17, 15) is 13.2 Å². The van der Waals surface area contributed by atoms with Crippen LogP contribution in [0.2, 0.25) is 0 Å². The van der Waals surface area contributed by atoms with Crippen molar-refractivity contribution in [3.63, 3.8) is 0 Å². The van der Waals surface area contributed by atoms with Gasteiger partial charge in [-0.15, -0.1) is 0 Å². The van der Waals surface area contributed by atoms with Crippen molar-refractivity contribution < 1.29 is 13.2 Å². The van der Waals surface area contributed by atoms with Gasteiger partial charge in [-0.2, -0.15) is 0 Å². The molecule has 6 nitrogen and oxygen atoms in total. The summed E-state index contributed by atoms with van der Waals surface area (Å²) < 4.78 is 27.7. The smallest absolute Gasteiger partial charge is 0.261 e. The summed E-state index contributed by atoms with van der Waals surface area (Å²) in [5.74, 6) is -0.0303. The van der Waals surface area contributed by atoms with Gasteiger partial charge in [-0.3, -0.25) is 14.4 Å². The van der Waals surface area contributed by atoms with Crippen LogP contribution in [0, 0.1) is 6.92 Å². The number of carbonyl (C=O) groups is 1. The largest absolute Gasteiger partial charge is 0.336 e. The van der Waals surface area contributed by atoms with Gasteiger partial charge in [0.15, 0.2) is 0 Å². The minimum atomic E-state index is -3.67. The molecule has 1 N–H and O–H groups in total. The first-order chi connectivity index (χ1) is 15.4. The van der Waals surface area contributed by atoms with Gasteiger partial charge in [0.25, 0.3) is 15.9 Å². The molecule has 3 aromatic carbocycles. The van der Waals surface area contributed by atoms with E-state index in [1.807, 2.05) is 30.0 Å². The lowest BCUT2D eigenvalue weighted by Gasteiger charge is -2.34. The molecule has 0 aromatic heterocycles. The number of carbonyl (C=O) groups excluding carboxylic acids is 1. The van der Waals surface area contributed by atoms with E-state index in [-0.39, 0.29) is 10.8 Å². The van der Waals surface area contributed by atoms with Crippen molar-refractivity contribution in [2.24, 2.45) is 0 Å². The molecule has 4 rings (SSSR count). The number of nitrogens with zero attached hydrogens (tertiary/aromatic N) is 2. The summed E-state index contributed by atoms with van der Waals surface area (Å²) in [4.78, 5) is 17.3. The Kier molecular flexibility index (Phi) is 6.58.